The van der Waals surface area contributed by atoms with E-state index in [0.29, 0.717) is 0 Å². The van der Waals surface area contributed by atoms with Crippen molar-refractivity contribution >= 4 is 0 Å². The summed E-state index contributed by atoms with van der Waals surface area (Å²) in [5.41, 5.74) is 1.34. The van der Waals surface area contributed by atoms with E-state index in [2.05, 4.69) is 28.0 Å². The Bertz CT molecular complexity index is 600. The molecule has 2 atom stereocenters. The van der Waals surface area contributed by atoms with Gasteiger partial charge in [0.05, 0.1) is 14.2 Å². The number of methoxy groups -OCH3 is 2. The average Bonchev–Trinajstić information content (AvgIpc) is 3.17. The molecule has 1 aromatic rings. The third kappa shape index (κ3) is 3.59. The Kier molecular flexibility index (Phi) is 5.70. The smallest absolute Gasteiger partial charge is 0.161 e. The van der Waals surface area contributed by atoms with Gasteiger partial charge in [-0.1, -0.05) is 25.3 Å². The Morgan fingerprint density at radius 3 is 2.46 bits per heavy atom. The summed E-state index contributed by atoms with van der Waals surface area (Å²) >= 11 is 0. The van der Waals surface area contributed by atoms with E-state index in [1.54, 1.807) is 14.2 Å². The summed E-state index contributed by atoms with van der Waals surface area (Å²) in [6, 6.07) is 7.94. The van der Waals surface area contributed by atoms with Crippen LogP contribution in [0.4, 0.5) is 0 Å². The zero-order chi connectivity index (χ0) is 17.9. The van der Waals surface area contributed by atoms with Crippen LogP contribution in [0.1, 0.15) is 50.5 Å². The maximum atomic E-state index is 5.53. The van der Waals surface area contributed by atoms with Gasteiger partial charge in [0.2, 0.25) is 0 Å². The number of nitrogens with zero attached hydrogens (tertiary/aromatic N) is 2. The lowest BCUT2D eigenvalue weighted by Gasteiger charge is -2.49. The molecule has 0 amide bonds. The van der Waals surface area contributed by atoms with E-state index >= 15 is 0 Å². The number of ether oxygens (including phenoxy) is 2. The topological polar surface area (TPSA) is 24.9 Å². The van der Waals surface area contributed by atoms with Crippen molar-refractivity contribution in [3.05, 3.63) is 23.8 Å². The molecule has 2 saturated heterocycles. The summed E-state index contributed by atoms with van der Waals surface area (Å²) < 4.78 is 10.9. The summed E-state index contributed by atoms with van der Waals surface area (Å²) in [5.74, 6) is 2.55. The van der Waals surface area contributed by atoms with Gasteiger partial charge in [-0.05, 0) is 55.8 Å². The first kappa shape index (κ1) is 18.1. The molecule has 2 aliphatic heterocycles. The second-order valence-electron chi connectivity index (χ2n) is 8.29. The van der Waals surface area contributed by atoms with Gasteiger partial charge in [0.25, 0.3) is 0 Å². The van der Waals surface area contributed by atoms with Gasteiger partial charge in [0.1, 0.15) is 0 Å². The number of hydrogen-bond donors (Lipinski definition) is 0. The molecule has 4 rings (SSSR count). The van der Waals surface area contributed by atoms with E-state index in [-0.39, 0.29) is 0 Å². The number of piperazine rings is 1. The molecule has 4 nitrogen and oxygen atoms in total. The van der Waals surface area contributed by atoms with Crippen molar-refractivity contribution in [1.29, 1.82) is 0 Å². The fourth-order valence-corrected chi connectivity index (χ4v) is 5.65. The molecule has 1 aliphatic carbocycles. The monoisotopic (exact) mass is 358 g/mol. The van der Waals surface area contributed by atoms with Crippen LogP contribution in [0.3, 0.4) is 0 Å². The largest absolute Gasteiger partial charge is 0.493 e. The van der Waals surface area contributed by atoms with Crippen LogP contribution in [-0.2, 0) is 6.54 Å². The van der Waals surface area contributed by atoms with Gasteiger partial charge < -0.3 is 9.47 Å². The van der Waals surface area contributed by atoms with Crippen molar-refractivity contribution in [2.24, 2.45) is 5.92 Å². The summed E-state index contributed by atoms with van der Waals surface area (Å²) in [6.07, 6.45) is 9.93. The van der Waals surface area contributed by atoms with Crippen molar-refractivity contribution in [3.8, 4) is 11.5 Å². The van der Waals surface area contributed by atoms with Crippen molar-refractivity contribution in [1.82, 2.24) is 9.80 Å². The Balaban J connectivity index is 1.55. The van der Waals surface area contributed by atoms with Gasteiger partial charge in [-0.2, -0.15) is 0 Å². The zero-order valence-electron chi connectivity index (χ0n) is 16.5. The molecular weight excluding hydrogens is 324 g/mol. The SMILES string of the molecule is COc1ccc(CN2CCN3CCC[C@@H]3[C@H]2C2CCCCC2)cc1OC. The standard InChI is InChI=1S/C22H34N2O2/c1-25-20-11-10-17(15-21(20)26-2)16-24-14-13-23-12-6-9-19(23)22(24)18-7-4-3-5-8-18/h10-11,15,18-19,22H,3-9,12-14,16H2,1-2H3/t19-,22-/m1/s1. The minimum Gasteiger partial charge on any atom is -0.493 e. The van der Waals surface area contributed by atoms with E-state index in [0.717, 1.165) is 36.0 Å². The Morgan fingerprint density at radius 1 is 0.885 bits per heavy atom. The molecule has 1 saturated carbocycles. The van der Waals surface area contributed by atoms with Gasteiger partial charge in [-0.25, -0.2) is 0 Å². The van der Waals surface area contributed by atoms with Gasteiger partial charge >= 0.3 is 0 Å². The van der Waals surface area contributed by atoms with Crippen LogP contribution >= 0.6 is 0 Å². The zero-order valence-corrected chi connectivity index (χ0v) is 16.5. The van der Waals surface area contributed by atoms with E-state index < -0.39 is 0 Å². The highest BCUT2D eigenvalue weighted by molar-refractivity contribution is 5.42. The third-order valence-electron chi connectivity index (χ3n) is 6.87. The fourth-order valence-electron chi connectivity index (χ4n) is 5.65. The Morgan fingerprint density at radius 2 is 1.69 bits per heavy atom. The second kappa shape index (κ2) is 8.18. The highest BCUT2D eigenvalue weighted by Crippen LogP contribution is 2.38. The van der Waals surface area contributed by atoms with Gasteiger partial charge in [-0.15, -0.1) is 0 Å². The van der Waals surface area contributed by atoms with Crippen molar-refractivity contribution in [2.45, 2.75) is 63.6 Å². The number of fused-ring (bicyclic) bond motifs is 1. The quantitative estimate of drug-likeness (QED) is 0.796. The summed E-state index contributed by atoms with van der Waals surface area (Å²) in [5, 5.41) is 0. The second-order valence-corrected chi connectivity index (χ2v) is 8.29. The van der Waals surface area contributed by atoms with Crippen LogP contribution < -0.4 is 9.47 Å². The maximum Gasteiger partial charge on any atom is 0.161 e. The van der Waals surface area contributed by atoms with E-state index in [4.69, 9.17) is 9.47 Å². The predicted octanol–water partition coefficient (Wildman–Crippen LogP) is 3.93. The molecule has 2 heterocycles. The molecule has 3 aliphatic rings. The van der Waals surface area contributed by atoms with Crippen molar-refractivity contribution < 1.29 is 9.47 Å². The maximum absolute atomic E-state index is 5.53. The van der Waals surface area contributed by atoms with Crippen LogP contribution in [0.2, 0.25) is 0 Å². The molecule has 1 aromatic carbocycles. The number of hydrogen-bond acceptors (Lipinski definition) is 4. The van der Waals surface area contributed by atoms with Crippen LogP contribution in [0, 0.1) is 5.92 Å². The molecule has 0 aromatic heterocycles. The van der Waals surface area contributed by atoms with Crippen LogP contribution in [0.5, 0.6) is 11.5 Å². The van der Waals surface area contributed by atoms with E-state index in [1.165, 1.54) is 70.1 Å². The molecule has 0 unspecified atom stereocenters. The highest BCUT2D eigenvalue weighted by atomic mass is 16.5. The molecule has 0 N–H and O–H groups in total. The third-order valence-corrected chi connectivity index (χ3v) is 6.87. The predicted molar refractivity (Wildman–Crippen MR) is 105 cm³/mol. The van der Waals surface area contributed by atoms with Crippen LogP contribution in [0.15, 0.2) is 18.2 Å². The molecule has 3 fully saturated rings. The highest BCUT2D eigenvalue weighted by Gasteiger charge is 2.42. The first-order valence-electron chi connectivity index (χ1n) is 10.5. The minimum absolute atomic E-state index is 0.736. The Labute approximate surface area is 158 Å². The van der Waals surface area contributed by atoms with Crippen molar-refractivity contribution in [2.75, 3.05) is 33.9 Å². The minimum atomic E-state index is 0.736. The lowest BCUT2D eigenvalue weighted by atomic mass is 9.78. The van der Waals surface area contributed by atoms with Gasteiger partial charge in [0.15, 0.2) is 11.5 Å². The normalized spacial score (nSPS) is 28.1. The molecular formula is C22H34N2O2. The van der Waals surface area contributed by atoms with Crippen molar-refractivity contribution in [3.63, 3.8) is 0 Å². The molecule has 4 heteroatoms. The molecule has 0 spiro atoms. The average molecular weight is 359 g/mol. The molecule has 0 radical (unpaired) electrons. The number of rotatable bonds is 5. The van der Waals surface area contributed by atoms with Gasteiger partial charge in [-0.3, -0.25) is 9.80 Å². The van der Waals surface area contributed by atoms with E-state index in [1.807, 2.05) is 0 Å². The van der Waals surface area contributed by atoms with E-state index in [9.17, 15) is 0 Å². The number of benzene rings is 1. The first-order chi connectivity index (χ1) is 12.8. The lowest BCUT2D eigenvalue weighted by Crippen LogP contribution is -2.59. The summed E-state index contributed by atoms with van der Waals surface area (Å²) in [7, 11) is 3.43. The molecule has 26 heavy (non-hydrogen) atoms. The fraction of sp³-hybridized carbons (Fsp3) is 0.727. The molecule has 144 valence electrons. The van der Waals surface area contributed by atoms with Crippen LogP contribution in [0.25, 0.3) is 0 Å². The Hall–Kier alpha value is -1.26. The first-order valence-corrected chi connectivity index (χ1v) is 10.5. The van der Waals surface area contributed by atoms with Gasteiger partial charge in [0, 0.05) is 31.7 Å². The summed E-state index contributed by atoms with van der Waals surface area (Å²) in [4.78, 5) is 5.58. The molecule has 0 bridgehead atoms. The summed E-state index contributed by atoms with van der Waals surface area (Å²) in [6.45, 7) is 4.79. The lowest BCUT2D eigenvalue weighted by molar-refractivity contribution is -0.00383. The van der Waals surface area contributed by atoms with Crippen LogP contribution in [-0.4, -0.2) is 55.7 Å².